The molecule has 1 N–H and O–H groups in total. The Morgan fingerprint density at radius 1 is 0.909 bits per heavy atom. The summed E-state index contributed by atoms with van der Waals surface area (Å²) >= 11 is 0. The lowest BCUT2D eigenvalue weighted by Gasteiger charge is -2.10. The van der Waals surface area contributed by atoms with Gasteiger partial charge < -0.3 is 4.42 Å². The molecule has 4 aromatic rings. The molecule has 2 aromatic carbocycles. The summed E-state index contributed by atoms with van der Waals surface area (Å²) in [5, 5.41) is 11.2. The van der Waals surface area contributed by atoms with Gasteiger partial charge in [0.1, 0.15) is 11.3 Å². The van der Waals surface area contributed by atoms with Crippen LogP contribution in [0.3, 0.4) is 0 Å². The fourth-order valence-electron chi connectivity index (χ4n) is 2.61. The van der Waals surface area contributed by atoms with Crippen LogP contribution in [0.5, 0.6) is 0 Å². The van der Waals surface area contributed by atoms with Crippen molar-refractivity contribution in [2.75, 3.05) is 0 Å². The highest BCUT2D eigenvalue weighted by Gasteiger charge is 2.19. The van der Waals surface area contributed by atoms with E-state index in [4.69, 9.17) is 4.42 Å². The van der Waals surface area contributed by atoms with Crippen molar-refractivity contribution in [1.29, 1.82) is 0 Å². The third-order valence-corrected chi connectivity index (χ3v) is 3.55. The van der Waals surface area contributed by atoms with Gasteiger partial charge in [-0.25, -0.2) is 4.79 Å². The Balaban J connectivity index is 2.19. The number of para-hydroxylation sites is 1. The van der Waals surface area contributed by atoms with Crippen LogP contribution in [0.15, 0.2) is 70.0 Å². The van der Waals surface area contributed by atoms with Crippen LogP contribution in [0, 0.1) is 0 Å². The van der Waals surface area contributed by atoms with E-state index in [0.29, 0.717) is 16.8 Å². The number of rotatable bonds is 2. The molecule has 0 aliphatic carbocycles. The number of benzene rings is 2. The monoisotopic (exact) mass is 289 g/mol. The van der Waals surface area contributed by atoms with E-state index >= 15 is 0 Å². The number of aromatic nitrogens is 3. The van der Waals surface area contributed by atoms with Crippen LogP contribution < -0.4 is 5.63 Å². The maximum Gasteiger partial charge on any atom is 0.346 e. The smallest absolute Gasteiger partial charge is 0.346 e. The Morgan fingerprint density at radius 3 is 2.45 bits per heavy atom. The standard InChI is InChI=1S/C17H11N3O2/c21-17-16(13-10-18-20-19-13)15(11-6-2-1-3-7-11)12-8-4-5-9-14(12)22-17/h1-10H,(H,18,19,20). The average molecular weight is 289 g/mol. The summed E-state index contributed by atoms with van der Waals surface area (Å²) in [7, 11) is 0. The zero-order chi connectivity index (χ0) is 14.9. The maximum atomic E-state index is 12.5. The molecule has 2 heterocycles. The van der Waals surface area contributed by atoms with Gasteiger partial charge in [0.2, 0.25) is 0 Å². The average Bonchev–Trinajstić information content (AvgIpc) is 3.08. The third-order valence-electron chi connectivity index (χ3n) is 3.55. The van der Waals surface area contributed by atoms with Crippen LogP contribution in [0.2, 0.25) is 0 Å². The predicted octanol–water partition coefficient (Wildman–Crippen LogP) is 3.25. The summed E-state index contributed by atoms with van der Waals surface area (Å²) < 4.78 is 5.44. The first-order valence-corrected chi connectivity index (χ1v) is 6.82. The van der Waals surface area contributed by atoms with Crippen LogP contribution in [0.1, 0.15) is 0 Å². The fraction of sp³-hybridized carbons (Fsp3) is 0. The summed E-state index contributed by atoms with van der Waals surface area (Å²) in [6.07, 6.45) is 1.59. The van der Waals surface area contributed by atoms with Gasteiger partial charge in [0.15, 0.2) is 0 Å². The summed E-state index contributed by atoms with van der Waals surface area (Å²) in [5.74, 6) is 0. The molecule has 0 radical (unpaired) electrons. The Morgan fingerprint density at radius 2 is 1.68 bits per heavy atom. The van der Waals surface area contributed by atoms with E-state index in [1.165, 1.54) is 0 Å². The molecule has 0 aliphatic heterocycles. The summed E-state index contributed by atoms with van der Waals surface area (Å²) in [6, 6.07) is 17.2. The molecule has 2 aromatic heterocycles. The first-order valence-electron chi connectivity index (χ1n) is 6.82. The highest BCUT2D eigenvalue weighted by atomic mass is 16.4. The van der Waals surface area contributed by atoms with Gasteiger partial charge in [0.05, 0.1) is 11.8 Å². The number of aromatic amines is 1. The van der Waals surface area contributed by atoms with Gasteiger partial charge in [0.25, 0.3) is 0 Å². The molecule has 0 aliphatic rings. The van der Waals surface area contributed by atoms with Crippen LogP contribution in [0.4, 0.5) is 0 Å². The Bertz CT molecular complexity index is 990. The number of nitrogens with one attached hydrogen (secondary N) is 1. The van der Waals surface area contributed by atoms with E-state index in [9.17, 15) is 4.79 Å². The van der Waals surface area contributed by atoms with E-state index in [0.717, 1.165) is 16.5 Å². The van der Waals surface area contributed by atoms with E-state index in [1.807, 2.05) is 48.5 Å². The Hall–Kier alpha value is -3.21. The van der Waals surface area contributed by atoms with Crippen molar-refractivity contribution in [2.45, 2.75) is 0 Å². The molecular formula is C17H11N3O2. The van der Waals surface area contributed by atoms with Crippen molar-refractivity contribution in [3.05, 3.63) is 71.2 Å². The molecule has 0 saturated carbocycles. The number of hydrogen-bond acceptors (Lipinski definition) is 4. The van der Waals surface area contributed by atoms with E-state index in [1.54, 1.807) is 12.3 Å². The van der Waals surface area contributed by atoms with Gasteiger partial charge in [-0.05, 0) is 11.6 Å². The van der Waals surface area contributed by atoms with Crippen LogP contribution >= 0.6 is 0 Å². The van der Waals surface area contributed by atoms with Crippen molar-refractivity contribution in [3.63, 3.8) is 0 Å². The van der Waals surface area contributed by atoms with Gasteiger partial charge in [-0.15, -0.1) is 5.10 Å². The van der Waals surface area contributed by atoms with Crippen molar-refractivity contribution < 1.29 is 4.42 Å². The zero-order valence-corrected chi connectivity index (χ0v) is 11.5. The minimum atomic E-state index is -0.425. The first kappa shape index (κ1) is 12.5. The molecule has 0 bridgehead atoms. The summed E-state index contributed by atoms with van der Waals surface area (Å²) in [5.41, 5.74) is 2.76. The quantitative estimate of drug-likeness (QED) is 0.575. The first-order chi connectivity index (χ1) is 10.8. The molecule has 0 amide bonds. The second-order valence-electron chi connectivity index (χ2n) is 4.86. The second kappa shape index (κ2) is 4.96. The molecule has 5 nitrogen and oxygen atoms in total. The van der Waals surface area contributed by atoms with Crippen LogP contribution in [-0.4, -0.2) is 15.4 Å². The lowest BCUT2D eigenvalue weighted by Crippen LogP contribution is -2.06. The van der Waals surface area contributed by atoms with Crippen molar-refractivity contribution in [1.82, 2.24) is 15.4 Å². The third kappa shape index (κ3) is 1.91. The van der Waals surface area contributed by atoms with Crippen molar-refractivity contribution in [2.24, 2.45) is 0 Å². The predicted molar refractivity (Wildman–Crippen MR) is 83.3 cm³/mol. The minimum absolute atomic E-state index is 0.415. The fourth-order valence-corrected chi connectivity index (χ4v) is 2.61. The summed E-state index contributed by atoms with van der Waals surface area (Å²) in [4.78, 5) is 12.5. The SMILES string of the molecule is O=c1oc2ccccc2c(-c2ccccc2)c1-c1c[nH]nn1. The Labute approximate surface area is 125 Å². The molecule has 5 heteroatoms. The summed E-state index contributed by atoms with van der Waals surface area (Å²) in [6.45, 7) is 0. The molecule has 0 atom stereocenters. The molecule has 0 fully saturated rings. The number of fused-ring (bicyclic) bond motifs is 1. The largest absolute Gasteiger partial charge is 0.422 e. The lowest BCUT2D eigenvalue weighted by molar-refractivity contribution is 0.563. The highest BCUT2D eigenvalue weighted by molar-refractivity contribution is 6.00. The van der Waals surface area contributed by atoms with E-state index in [-0.39, 0.29) is 0 Å². The van der Waals surface area contributed by atoms with Crippen LogP contribution in [-0.2, 0) is 0 Å². The van der Waals surface area contributed by atoms with Crippen molar-refractivity contribution in [3.8, 4) is 22.4 Å². The molecule has 0 saturated heterocycles. The minimum Gasteiger partial charge on any atom is -0.422 e. The van der Waals surface area contributed by atoms with Gasteiger partial charge >= 0.3 is 5.63 Å². The highest BCUT2D eigenvalue weighted by Crippen LogP contribution is 2.34. The molecular weight excluding hydrogens is 278 g/mol. The zero-order valence-electron chi connectivity index (χ0n) is 11.5. The molecule has 4 rings (SSSR count). The Kier molecular flexibility index (Phi) is 2.83. The van der Waals surface area contributed by atoms with Gasteiger partial charge in [-0.2, -0.15) is 0 Å². The van der Waals surface area contributed by atoms with Crippen molar-refractivity contribution >= 4 is 11.0 Å². The van der Waals surface area contributed by atoms with Gasteiger partial charge in [-0.1, -0.05) is 53.7 Å². The maximum absolute atomic E-state index is 12.5. The molecule has 22 heavy (non-hydrogen) atoms. The van der Waals surface area contributed by atoms with E-state index < -0.39 is 5.63 Å². The number of nitrogens with zero attached hydrogens (tertiary/aromatic N) is 2. The molecule has 106 valence electrons. The molecule has 0 spiro atoms. The van der Waals surface area contributed by atoms with Gasteiger partial charge in [0, 0.05) is 10.9 Å². The van der Waals surface area contributed by atoms with Gasteiger partial charge in [-0.3, -0.25) is 5.10 Å². The lowest BCUT2D eigenvalue weighted by atomic mass is 9.96. The molecule has 0 unspecified atom stereocenters. The topological polar surface area (TPSA) is 71.8 Å². The number of hydrogen-bond donors (Lipinski definition) is 1. The van der Waals surface area contributed by atoms with Crippen LogP contribution in [0.25, 0.3) is 33.4 Å². The second-order valence-corrected chi connectivity index (χ2v) is 4.86. The normalized spacial score (nSPS) is 10.9. The van der Waals surface area contributed by atoms with E-state index in [2.05, 4.69) is 15.4 Å². The number of H-pyrrole nitrogens is 1.